The lowest BCUT2D eigenvalue weighted by Crippen LogP contribution is -1.91. The lowest BCUT2D eigenvalue weighted by molar-refractivity contribution is 0.112. The topological polar surface area (TPSA) is 44.1 Å². The van der Waals surface area contributed by atoms with Crippen LogP contribution in [0.4, 0.5) is 0 Å². The fourth-order valence-electron chi connectivity index (χ4n) is 1.66. The number of benzene rings is 1. The van der Waals surface area contributed by atoms with E-state index < -0.39 is 0 Å². The molecule has 2 aromatic rings. The standard InChI is InChI=1S/C12H11ClN2O2/c1-15-12(13)9(7-16)11(14-15)8-5-3-4-6-10(8)17-2/h3-7H,1-2H3. The molecular formula is C12H11ClN2O2. The molecule has 0 unspecified atom stereocenters. The number of ether oxygens (including phenoxy) is 1. The second kappa shape index (κ2) is 4.59. The molecule has 0 N–H and O–H groups in total. The molecule has 1 aromatic heterocycles. The van der Waals surface area contributed by atoms with Crippen molar-refractivity contribution in [1.82, 2.24) is 9.78 Å². The first-order valence-electron chi connectivity index (χ1n) is 5.00. The first kappa shape index (κ1) is 11.7. The van der Waals surface area contributed by atoms with Crippen molar-refractivity contribution in [3.63, 3.8) is 0 Å². The molecular weight excluding hydrogens is 240 g/mol. The Hall–Kier alpha value is -1.81. The summed E-state index contributed by atoms with van der Waals surface area (Å²) in [6.45, 7) is 0. The van der Waals surface area contributed by atoms with Gasteiger partial charge in [0.25, 0.3) is 0 Å². The molecule has 0 aliphatic carbocycles. The first-order valence-corrected chi connectivity index (χ1v) is 5.38. The summed E-state index contributed by atoms with van der Waals surface area (Å²) in [7, 11) is 3.26. The SMILES string of the molecule is COc1ccccc1-c1nn(C)c(Cl)c1C=O. The molecule has 0 bridgehead atoms. The van der Waals surface area contributed by atoms with Crippen LogP contribution in [-0.4, -0.2) is 23.2 Å². The van der Waals surface area contributed by atoms with Crippen molar-refractivity contribution in [2.75, 3.05) is 7.11 Å². The Labute approximate surface area is 104 Å². The summed E-state index contributed by atoms with van der Waals surface area (Å²) in [5.74, 6) is 0.658. The number of aldehydes is 1. The maximum atomic E-state index is 11.1. The molecule has 2 rings (SSSR count). The quantitative estimate of drug-likeness (QED) is 0.787. The number of aryl methyl sites for hydroxylation is 1. The third kappa shape index (κ3) is 1.91. The molecule has 4 nitrogen and oxygen atoms in total. The van der Waals surface area contributed by atoms with Crippen molar-refractivity contribution in [2.24, 2.45) is 7.05 Å². The van der Waals surface area contributed by atoms with Crippen molar-refractivity contribution in [3.05, 3.63) is 35.0 Å². The van der Waals surface area contributed by atoms with Gasteiger partial charge >= 0.3 is 0 Å². The summed E-state index contributed by atoms with van der Waals surface area (Å²) in [5, 5.41) is 4.55. The fraction of sp³-hybridized carbons (Fsp3) is 0.167. The highest BCUT2D eigenvalue weighted by atomic mass is 35.5. The van der Waals surface area contributed by atoms with Crippen LogP contribution < -0.4 is 4.74 Å². The molecule has 0 aliphatic heterocycles. The average Bonchev–Trinajstić information content (AvgIpc) is 2.65. The number of rotatable bonds is 3. The number of nitrogens with zero attached hydrogens (tertiary/aromatic N) is 2. The number of methoxy groups -OCH3 is 1. The summed E-state index contributed by atoms with van der Waals surface area (Å²) in [6, 6.07) is 7.36. The molecule has 0 spiro atoms. The van der Waals surface area contributed by atoms with Crippen molar-refractivity contribution < 1.29 is 9.53 Å². The lowest BCUT2D eigenvalue weighted by Gasteiger charge is -2.05. The van der Waals surface area contributed by atoms with Crippen LogP contribution in [-0.2, 0) is 7.05 Å². The second-order valence-corrected chi connectivity index (χ2v) is 3.85. The van der Waals surface area contributed by atoms with Crippen molar-refractivity contribution >= 4 is 17.9 Å². The Morgan fingerprint density at radius 1 is 1.41 bits per heavy atom. The number of hydrogen-bond acceptors (Lipinski definition) is 3. The van der Waals surface area contributed by atoms with Crippen molar-refractivity contribution in [3.8, 4) is 17.0 Å². The number of hydrogen-bond donors (Lipinski definition) is 0. The number of carbonyl (C=O) groups is 1. The summed E-state index contributed by atoms with van der Waals surface area (Å²) in [5.41, 5.74) is 1.66. The molecule has 0 saturated carbocycles. The van der Waals surface area contributed by atoms with Gasteiger partial charge in [0.15, 0.2) is 6.29 Å². The highest BCUT2D eigenvalue weighted by Crippen LogP contribution is 2.33. The summed E-state index contributed by atoms with van der Waals surface area (Å²) in [6.07, 6.45) is 0.705. The van der Waals surface area contributed by atoms with Crippen LogP contribution in [0.1, 0.15) is 10.4 Å². The second-order valence-electron chi connectivity index (χ2n) is 3.49. The Bertz CT molecular complexity index is 564. The Kier molecular flexibility index (Phi) is 3.15. The van der Waals surface area contributed by atoms with Gasteiger partial charge in [-0.05, 0) is 12.1 Å². The van der Waals surface area contributed by atoms with Gasteiger partial charge in [0, 0.05) is 12.6 Å². The zero-order valence-electron chi connectivity index (χ0n) is 9.48. The Balaban J connectivity index is 2.68. The summed E-state index contributed by atoms with van der Waals surface area (Å²) >= 11 is 5.99. The molecule has 0 fully saturated rings. The molecule has 0 aliphatic rings. The van der Waals surface area contributed by atoms with Gasteiger partial charge in [-0.15, -0.1) is 0 Å². The minimum absolute atomic E-state index is 0.320. The smallest absolute Gasteiger partial charge is 0.155 e. The predicted octanol–water partition coefficient (Wildman–Crippen LogP) is 2.56. The van der Waals surface area contributed by atoms with E-state index in [1.165, 1.54) is 4.68 Å². The molecule has 17 heavy (non-hydrogen) atoms. The maximum Gasteiger partial charge on any atom is 0.155 e. The number of para-hydroxylation sites is 1. The molecule has 1 aromatic carbocycles. The number of carbonyl (C=O) groups excluding carboxylic acids is 1. The van der Waals surface area contributed by atoms with Crippen LogP contribution in [0.2, 0.25) is 5.15 Å². The monoisotopic (exact) mass is 250 g/mol. The van der Waals surface area contributed by atoms with Crippen LogP contribution in [0, 0.1) is 0 Å². The van der Waals surface area contributed by atoms with Gasteiger partial charge in [-0.1, -0.05) is 23.7 Å². The van der Waals surface area contributed by atoms with E-state index in [4.69, 9.17) is 16.3 Å². The van der Waals surface area contributed by atoms with E-state index in [1.54, 1.807) is 14.2 Å². The molecule has 5 heteroatoms. The van der Waals surface area contributed by atoms with Gasteiger partial charge in [0.1, 0.15) is 16.6 Å². The summed E-state index contributed by atoms with van der Waals surface area (Å²) in [4.78, 5) is 11.1. The van der Waals surface area contributed by atoms with Crippen LogP contribution in [0.15, 0.2) is 24.3 Å². The van der Waals surface area contributed by atoms with Gasteiger partial charge in [0.2, 0.25) is 0 Å². The first-order chi connectivity index (χ1) is 8.19. The molecule has 1 heterocycles. The van der Waals surface area contributed by atoms with Crippen LogP contribution in [0.25, 0.3) is 11.3 Å². The highest BCUT2D eigenvalue weighted by Gasteiger charge is 2.18. The highest BCUT2D eigenvalue weighted by molar-refractivity contribution is 6.32. The van der Waals surface area contributed by atoms with E-state index in [2.05, 4.69) is 5.10 Å². The number of halogens is 1. The van der Waals surface area contributed by atoms with E-state index in [9.17, 15) is 4.79 Å². The zero-order valence-corrected chi connectivity index (χ0v) is 10.2. The number of aromatic nitrogens is 2. The van der Waals surface area contributed by atoms with Crippen LogP contribution >= 0.6 is 11.6 Å². The van der Waals surface area contributed by atoms with Crippen molar-refractivity contribution in [1.29, 1.82) is 0 Å². The molecule has 0 saturated heterocycles. The Morgan fingerprint density at radius 3 is 2.76 bits per heavy atom. The van der Waals surface area contributed by atoms with E-state index in [0.29, 0.717) is 28.4 Å². The van der Waals surface area contributed by atoms with E-state index in [-0.39, 0.29) is 0 Å². The molecule has 0 atom stereocenters. The van der Waals surface area contributed by atoms with Gasteiger partial charge in [-0.3, -0.25) is 9.48 Å². The minimum Gasteiger partial charge on any atom is -0.496 e. The third-order valence-corrected chi connectivity index (χ3v) is 2.94. The van der Waals surface area contributed by atoms with Crippen molar-refractivity contribution in [2.45, 2.75) is 0 Å². The normalized spacial score (nSPS) is 10.3. The molecule has 0 radical (unpaired) electrons. The lowest BCUT2D eigenvalue weighted by atomic mass is 10.1. The van der Waals surface area contributed by atoms with E-state index in [1.807, 2.05) is 24.3 Å². The van der Waals surface area contributed by atoms with Crippen LogP contribution in [0.3, 0.4) is 0 Å². The largest absolute Gasteiger partial charge is 0.496 e. The maximum absolute atomic E-state index is 11.1. The zero-order chi connectivity index (χ0) is 12.4. The van der Waals surface area contributed by atoms with Crippen LogP contribution in [0.5, 0.6) is 5.75 Å². The average molecular weight is 251 g/mol. The fourth-order valence-corrected chi connectivity index (χ4v) is 1.84. The Morgan fingerprint density at radius 2 is 2.12 bits per heavy atom. The van der Waals surface area contributed by atoms with Gasteiger partial charge in [-0.25, -0.2) is 0 Å². The third-order valence-electron chi connectivity index (χ3n) is 2.49. The predicted molar refractivity (Wildman–Crippen MR) is 65.6 cm³/mol. The van der Waals surface area contributed by atoms with Gasteiger partial charge < -0.3 is 4.74 Å². The molecule has 0 amide bonds. The molecule has 88 valence electrons. The summed E-state index contributed by atoms with van der Waals surface area (Å²) < 4.78 is 6.71. The van der Waals surface area contributed by atoms with E-state index in [0.717, 1.165) is 5.56 Å². The van der Waals surface area contributed by atoms with Gasteiger partial charge in [-0.2, -0.15) is 5.10 Å². The van der Waals surface area contributed by atoms with E-state index >= 15 is 0 Å². The minimum atomic E-state index is 0.320. The van der Waals surface area contributed by atoms with Gasteiger partial charge in [0.05, 0.1) is 12.7 Å².